The van der Waals surface area contributed by atoms with Gasteiger partial charge in [0.2, 0.25) is 0 Å². The average molecular weight is 346 g/mol. The SMILES string of the molecule is O=C(O)c1cccc(C(=O)O)c1.OCCOCC(O)CC(O)CO. The van der Waals surface area contributed by atoms with Crippen molar-refractivity contribution in [1.29, 1.82) is 0 Å². The predicted molar refractivity (Wildman–Crippen MR) is 82.0 cm³/mol. The summed E-state index contributed by atoms with van der Waals surface area (Å²) in [7, 11) is 0. The van der Waals surface area contributed by atoms with Gasteiger partial charge >= 0.3 is 11.9 Å². The van der Waals surface area contributed by atoms with Crippen LogP contribution < -0.4 is 0 Å². The van der Waals surface area contributed by atoms with Gasteiger partial charge in [-0.1, -0.05) is 6.07 Å². The summed E-state index contributed by atoms with van der Waals surface area (Å²) < 4.78 is 4.80. The molecular weight excluding hydrogens is 324 g/mol. The lowest BCUT2D eigenvalue weighted by molar-refractivity contribution is -0.0129. The summed E-state index contributed by atoms with van der Waals surface area (Å²) in [5.74, 6) is -2.25. The molecule has 0 aliphatic carbocycles. The fraction of sp³-hybridized carbons (Fsp3) is 0.467. The van der Waals surface area contributed by atoms with Crippen LogP contribution in [0.15, 0.2) is 24.3 Å². The molecule has 0 saturated carbocycles. The highest BCUT2D eigenvalue weighted by Crippen LogP contribution is 2.04. The molecule has 2 atom stereocenters. The van der Waals surface area contributed by atoms with Crippen LogP contribution in [0.2, 0.25) is 0 Å². The number of benzene rings is 1. The first-order chi connectivity index (χ1) is 11.3. The van der Waals surface area contributed by atoms with E-state index in [1.807, 2.05) is 0 Å². The van der Waals surface area contributed by atoms with Gasteiger partial charge in [-0.2, -0.15) is 0 Å². The molecule has 0 amide bonds. The van der Waals surface area contributed by atoms with Crippen molar-refractivity contribution in [3.63, 3.8) is 0 Å². The minimum Gasteiger partial charge on any atom is -0.478 e. The number of ether oxygens (including phenoxy) is 1. The average Bonchev–Trinajstić information content (AvgIpc) is 2.55. The zero-order valence-electron chi connectivity index (χ0n) is 12.9. The highest BCUT2D eigenvalue weighted by atomic mass is 16.5. The number of aliphatic hydroxyl groups is 4. The molecule has 0 fully saturated rings. The van der Waals surface area contributed by atoms with Gasteiger partial charge in [0.1, 0.15) is 0 Å². The third-order valence-electron chi connectivity index (χ3n) is 2.66. The number of aliphatic hydroxyl groups excluding tert-OH is 4. The highest BCUT2D eigenvalue weighted by Gasteiger charge is 2.10. The first-order valence-electron chi connectivity index (χ1n) is 7.04. The topological polar surface area (TPSA) is 165 Å². The Morgan fingerprint density at radius 3 is 1.96 bits per heavy atom. The second kappa shape index (κ2) is 12.4. The van der Waals surface area contributed by atoms with Gasteiger partial charge in [0, 0.05) is 6.42 Å². The summed E-state index contributed by atoms with van der Waals surface area (Å²) in [6.45, 7) is -0.212. The Morgan fingerprint density at radius 1 is 1.00 bits per heavy atom. The van der Waals surface area contributed by atoms with E-state index >= 15 is 0 Å². The van der Waals surface area contributed by atoms with Crippen molar-refractivity contribution in [2.45, 2.75) is 18.6 Å². The van der Waals surface area contributed by atoms with Crippen LogP contribution in [0.3, 0.4) is 0 Å². The zero-order chi connectivity index (χ0) is 18.5. The molecule has 2 unspecified atom stereocenters. The smallest absolute Gasteiger partial charge is 0.335 e. The third-order valence-corrected chi connectivity index (χ3v) is 2.66. The van der Waals surface area contributed by atoms with Crippen LogP contribution in [0.1, 0.15) is 27.1 Å². The van der Waals surface area contributed by atoms with E-state index in [1.54, 1.807) is 0 Å². The Labute approximate surface area is 138 Å². The van der Waals surface area contributed by atoms with Gasteiger partial charge in [-0.05, 0) is 18.2 Å². The summed E-state index contributed by atoms with van der Waals surface area (Å²) in [4.78, 5) is 20.8. The van der Waals surface area contributed by atoms with Crippen molar-refractivity contribution in [1.82, 2.24) is 0 Å². The van der Waals surface area contributed by atoms with Gasteiger partial charge in [0.05, 0.1) is 49.8 Å². The highest BCUT2D eigenvalue weighted by molar-refractivity contribution is 5.93. The molecule has 1 aromatic rings. The van der Waals surface area contributed by atoms with Crippen molar-refractivity contribution in [2.24, 2.45) is 0 Å². The van der Waals surface area contributed by atoms with Gasteiger partial charge in [0.25, 0.3) is 0 Å². The van der Waals surface area contributed by atoms with Crippen molar-refractivity contribution < 1.29 is 45.0 Å². The number of hydrogen-bond donors (Lipinski definition) is 6. The maximum Gasteiger partial charge on any atom is 0.335 e. The van der Waals surface area contributed by atoms with Crippen LogP contribution in [-0.2, 0) is 4.74 Å². The molecule has 0 aliphatic heterocycles. The number of hydrogen-bond acceptors (Lipinski definition) is 7. The molecule has 0 aromatic heterocycles. The Morgan fingerprint density at radius 2 is 1.54 bits per heavy atom. The molecule has 24 heavy (non-hydrogen) atoms. The monoisotopic (exact) mass is 346 g/mol. The molecule has 0 radical (unpaired) electrons. The number of carboxylic acids is 2. The largest absolute Gasteiger partial charge is 0.478 e. The normalized spacial score (nSPS) is 12.7. The van der Waals surface area contributed by atoms with E-state index in [2.05, 4.69) is 0 Å². The number of rotatable bonds is 9. The van der Waals surface area contributed by atoms with Gasteiger partial charge in [-0.3, -0.25) is 0 Å². The van der Waals surface area contributed by atoms with Gasteiger partial charge < -0.3 is 35.4 Å². The van der Waals surface area contributed by atoms with Crippen LogP contribution >= 0.6 is 0 Å². The third kappa shape index (κ3) is 9.87. The molecule has 136 valence electrons. The molecule has 0 saturated heterocycles. The Hall–Kier alpha value is -2.04. The first-order valence-corrected chi connectivity index (χ1v) is 7.04. The maximum atomic E-state index is 10.4. The fourth-order valence-corrected chi connectivity index (χ4v) is 1.53. The molecule has 9 nitrogen and oxygen atoms in total. The summed E-state index contributed by atoms with van der Waals surface area (Å²) >= 11 is 0. The lowest BCUT2D eigenvalue weighted by Crippen LogP contribution is -2.25. The van der Waals surface area contributed by atoms with Gasteiger partial charge in [0.15, 0.2) is 0 Å². The van der Waals surface area contributed by atoms with E-state index in [0.717, 1.165) is 6.07 Å². The summed E-state index contributed by atoms with van der Waals surface area (Å²) in [5.41, 5.74) is -0.0372. The first kappa shape index (κ1) is 22.0. The summed E-state index contributed by atoms with van der Waals surface area (Å²) in [5, 5.41) is 51.7. The fourth-order valence-electron chi connectivity index (χ4n) is 1.53. The Balaban J connectivity index is 0.000000441. The Kier molecular flexibility index (Phi) is 11.3. The van der Waals surface area contributed by atoms with Crippen LogP contribution in [0, 0.1) is 0 Å². The second-order valence-electron chi connectivity index (χ2n) is 4.72. The molecule has 0 heterocycles. The molecule has 0 aliphatic rings. The lowest BCUT2D eigenvalue weighted by Gasteiger charge is -2.13. The van der Waals surface area contributed by atoms with Crippen LogP contribution in [0.4, 0.5) is 0 Å². The number of aromatic carboxylic acids is 2. The predicted octanol–water partition coefficient (Wildman–Crippen LogP) is -0.818. The van der Waals surface area contributed by atoms with E-state index in [1.165, 1.54) is 18.2 Å². The van der Waals surface area contributed by atoms with Gasteiger partial charge in [-0.25, -0.2) is 9.59 Å². The molecule has 6 N–H and O–H groups in total. The van der Waals surface area contributed by atoms with E-state index in [4.69, 9.17) is 35.4 Å². The van der Waals surface area contributed by atoms with Crippen molar-refractivity contribution >= 4 is 11.9 Å². The van der Waals surface area contributed by atoms with E-state index in [9.17, 15) is 9.59 Å². The molecular formula is C15H22O9. The second-order valence-corrected chi connectivity index (χ2v) is 4.72. The van der Waals surface area contributed by atoms with Crippen molar-refractivity contribution in [3.8, 4) is 0 Å². The number of carbonyl (C=O) groups is 2. The van der Waals surface area contributed by atoms with Crippen molar-refractivity contribution in [3.05, 3.63) is 35.4 Å². The molecule has 0 spiro atoms. The molecule has 1 aromatic carbocycles. The lowest BCUT2D eigenvalue weighted by atomic mass is 10.1. The zero-order valence-corrected chi connectivity index (χ0v) is 12.9. The molecule has 0 bridgehead atoms. The van der Waals surface area contributed by atoms with E-state index in [-0.39, 0.29) is 44.0 Å². The van der Waals surface area contributed by atoms with Gasteiger partial charge in [-0.15, -0.1) is 0 Å². The van der Waals surface area contributed by atoms with Crippen LogP contribution in [0.25, 0.3) is 0 Å². The van der Waals surface area contributed by atoms with Crippen LogP contribution in [0.5, 0.6) is 0 Å². The molecule has 9 heteroatoms. The minimum absolute atomic E-state index is 0.0186. The maximum absolute atomic E-state index is 10.4. The quantitative estimate of drug-likeness (QED) is 0.313. The van der Waals surface area contributed by atoms with E-state index in [0.29, 0.717) is 0 Å². The minimum atomic E-state index is -1.13. The number of carboxylic acid groups (broad SMARTS) is 2. The summed E-state index contributed by atoms with van der Waals surface area (Å²) in [6.07, 6.45) is -1.61. The van der Waals surface area contributed by atoms with Crippen LogP contribution in [-0.4, -0.2) is 81.2 Å². The summed E-state index contributed by atoms with van der Waals surface area (Å²) in [6, 6.07) is 5.20. The Bertz CT molecular complexity index is 474. The van der Waals surface area contributed by atoms with Crippen molar-refractivity contribution in [2.75, 3.05) is 26.4 Å². The molecule has 1 rings (SSSR count). The van der Waals surface area contributed by atoms with E-state index < -0.39 is 24.1 Å². The standard InChI is InChI=1S/C8H6O4.C7H16O5/c9-7(10)5-2-1-3-6(4-5)8(11)12;8-1-2-12-5-7(11)3-6(10)4-9/h1-4H,(H,9,10)(H,11,12);6-11H,1-5H2.